The second-order valence-corrected chi connectivity index (χ2v) is 15.9. The fourth-order valence-electron chi connectivity index (χ4n) is 5.88. The molecule has 2 aliphatic heterocycles. The van der Waals surface area contributed by atoms with Gasteiger partial charge in [-0.2, -0.15) is 0 Å². The molecular formula is C35H46N2O8Si. The van der Waals surface area contributed by atoms with Crippen molar-refractivity contribution >= 4 is 27.0 Å². The monoisotopic (exact) mass is 650 g/mol. The highest BCUT2D eigenvalue weighted by atomic mass is 28.2. The minimum atomic E-state index is -1.39. The summed E-state index contributed by atoms with van der Waals surface area (Å²) >= 11 is 0. The molecule has 0 bridgehead atoms. The second kappa shape index (κ2) is 13.4. The van der Waals surface area contributed by atoms with Crippen molar-refractivity contribution in [2.45, 2.75) is 75.1 Å². The van der Waals surface area contributed by atoms with Crippen molar-refractivity contribution in [2.24, 2.45) is 0 Å². The summed E-state index contributed by atoms with van der Waals surface area (Å²) in [4.78, 5) is 11.9. The van der Waals surface area contributed by atoms with Crippen LogP contribution < -0.4 is 15.4 Å². The maximum absolute atomic E-state index is 12.0. The van der Waals surface area contributed by atoms with Gasteiger partial charge < -0.3 is 43.9 Å². The van der Waals surface area contributed by atoms with E-state index < -0.39 is 45.3 Å². The highest BCUT2D eigenvalue weighted by Gasteiger charge is 2.63. The summed E-state index contributed by atoms with van der Waals surface area (Å²) in [5.41, 5.74) is 1.78. The third-order valence-corrected chi connectivity index (χ3v) is 10.1. The van der Waals surface area contributed by atoms with Gasteiger partial charge in [0.15, 0.2) is 16.4 Å². The van der Waals surface area contributed by atoms with E-state index in [-0.39, 0.29) is 24.1 Å². The third kappa shape index (κ3) is 6.72. The maximum atomic E-state index is 12.0. The molecule has 1 fully saturated rings. The molecule has 2 heterocycles. The largest absolute Gasteiger partial charge is 0.482 e. The highest BCUT2D eigenvalue weighted by molar-refractivity contribution is 6.32. The maximum Gasteiger partial charge on any atom is 0.262 e. The number of nitrogens with one attached hydrogen (secondary N) is 2. The summed E-state index contributed by atoms with van der Waals surface area (Å²) in [6, 6.07) is 25.3. The fourth-order valence-corrected chi connectivity index (χ4v) is 7.04. The molecule has 10 nitrogen and oxygen atoms in total. The molecule has 0 aliphatic carbocycles. The fraction of sp³-hybridized carbons (Fsp3) is 0.457. The Bertz CT molecular complexity index is 1450. The number of aliphatic hydroxyl groups excluding tert-OH is 1. The number of aliphatic hydroxyl groups is 1. The molecule has 46 heavy (non-hydrogen) atoms. The van der Waals surface area contributed by atoms with Crippen molar-refractivity contribution in [3.63, 3.8) is 0 Å². The van der Waals surface area contributed by atoms with Gasteiger partial charge in [-0.15, -0.1) is 0 Å². The SMILES string of the molecule is CO[C@@]1(C)O[C@H]([C@H](O)CNc2ccc3c(c2)NC(=O)CO3)[C@H](C(O[SiH2]C(C)(C)C)(c2ccccc2)c2ccccc2)O[C@]1(C)OC. The normalized spacial score (nSPS) is 25.9. The molecule has 0 aromatic heterocycles. The van der Waals surface area contributed by atoms with Crippen LogP contribution in [-0.4, -0.2) is 78.0 Å². The van der Waals surface area contributed by atoms with Crippen molar-refractivity contribution in [2.75, 3.05) is 38.0 Å². The van der Waals surface area contributed by atoms with Crippen molar-refractivity contribution < 1.29 is 38.0 Å². The van der Waals surface area contributed by atoms with Crippen LogP contribution in [0.2, 0.25) is 5.04 Å². The Kier molecular flexibility index (Phi) is 9.95. The van der Waals surface area contributed by atoms with Gasteiger partial charge in [0, 0.05) is 26.5 Å². The van der Waals surface area contributed by atoms with Gasteiger partial charge in [-0.05, 0) is 48.2 Å². The first kappa shape index (κ1) is 34.1. The molecular weight excluding hydrogens is 604 g/mol. The molecule has 3 aromatic carbocycles. The Morgan fingerprint density at radius 2 is 1.54 bits per heavy atom. The van der Waals surface area contributed by atoms with Crippen molar-refractivity contribution in [1.29, 1.82) is 0 Å². The second-order valence-electron chi connectivity index (χ2n) is 13.2. The molecule has 5 rings (SSSR count). The van der Waals surface area contributed by atoms with Gasteiger partial charge in [-0.25, -0.2) is 0 Å². The number of hydrogen-bond donors (Lipinski definition) is 3. The third-order valence-electron chi connectivity index (χ3n) is 8.66. The number of ether oxygens (including phenoxy) is 5. The molecule has 11 heteroatoms. The lowest BCUT2D eigenvalue weighted by molar-refractivity contribution is -0.463. The Balaban J connectivity index is 1.60. The van der Waals surface area contributed by atoms with E-state index in [1.165, 1.54) is 7.11 Å². The lowest BCUT2D eigenvalue weighted by Crippen LogP contribution is -2.71. The van der Waals surface area contributed by atoms with E-state index in [0.717, 1.165) is 11.1 Å². The van der Waals surface area contributed by atoms with Crippen LogP contribution in [0.3, 0.4) is 0 Å². The van der Waals surface area contributed by atoms with E-state index in [1.54, 1.807) is 33.1 Å². The lowest BCUT2D eigenvalue weighted by atomic mass is 9.77. The highest BCUT2D eigenvalue weighted by Crippen LogP contribution is 2.50. The number of carbonyl (C=O) groups excluding carboxylic acids is 1. The number of fused-ring (bicyclic) bond motifs is 1. The number of amides is 1. The first-order valence-corrected chi connectivity index (χ1v) is 16.8. The summed E-state index contributed by atoms with van der Waals surface area (Å²) in [5.74, 6) is -2.41. The molecule has 0 unspecified atom stereocenters. The molecule has 3 aromatic rings. The zero-order chi connectivity index (χ0) is 33.2. The van der Waals surface area contributed by atoms with E-state index >= 15 is 0 Å². The Labute approximate surface area is 273 Å². The minimum absolute atomic E-state index is 0.0255. The van der Waals surface area contributed by atoms with Crippen LogP contribution in [0.5, 0.6) is 5.75 Å². The molecule has 0 saturated carbocycles. The van der Waals surface area contributed by atoms with Crippen LogP contribution in [0.15, 0.2) is 78.9 Å². The van der Waals surface area contributed by atoms with Crippen LogP contribution in [0.4, 0.5) is 11.4 Å². The van der Waals surface area contributed by atoms with Gasteiger partial charge in [0.2, 0.25) is 11.6 Å². The smallest absolute Gasteiger partial charge is 0.262 e. The molecule has 1 amide bonds. The molecule has 0 radical (unpaired) electrons. The molecule has 5 atom stereocenters. The molecule has 2 aliphatic rings. The predicted molar refractivity (Wildman–Crippen MR) is 179 cm³/mol. The molecule has 0 spiro atoms. The van der Waals surface area contributed by atoms with Crippen LogP contribution in [0.1, 0.15) is 45.7 Å². The van der Waals surface area contributed by atoms with Gasteiger partial charge in [0.1, 0.15) is 29.7 Å². The van der Waals surface area contributed by atoms with Gasteiger partial charge in [-0.3, -0.25) is 4.79 Å². The van der Waals surface area contributed by atoms with Crippen LogP contribution in [-0.2, 0) is 33.8 Å². The Morgan fingerprint density at radius 3 is 2.11 bits per heavy atom. The topological polar surface area (TPSA) is 117 Å². The van der Waals surface area contributed by atoms with Crippen molar-refractivity contribution in [3.8, 4) is 5.75 Å². The summed E-state index contributed by atoms with van der Waals surface area (Å²) in [7, 11) is 1.85. The number of methoxy groups -OCH3 is 2. The summed E-state index contributed by atoms with van der Waals surface area (Å²) < 4.78 is 38.4. The van der Waals surface area contributed by atoms with Gasteiger partial charge >= 0.3 is 0 Å². The average molecular weight is 651 g/mol. The lowest BCUT2D eigenvalue weighted by Gasteiger charge is -2.57. The number of rotatable bonds is 11. The average Bonchev–Trinajstić information content (AvgIpc) is 3.05. The zero-order valence-electron chi connectivity index (χ0n) is 27.7. The number of anilines is 2. The molecule has 1 saturated heterocycles. The van der Waals surface area contributed by atoms with Crippen LogP contribution >= 0.6 is 0 Å². The number of benzene rings is 3. The van der Waals surface area contributed by atoms with E-state index in [0.29, 0.717) is 17.1 Å². The number of carbonyl (C=O) groups is 1. The molecule has 248 valence electrons. The van der Waals surface area contributed by atoms with Gasteiger partial charge in [0.25, 0.3) is 5.91 Å². The predicted octanol–water partition coefficient (Wildman–Crippen LogP) is 4.56. The minimum Gasteiger partial charge on any atom is -0.482 e. The van der Waals surface area contributed by atoms with Crippen LogP contribution in [0.25, 0.3) is 0 Å². The Morgan fingerprint density at radius 1 is 0.957 bits per heavy atom. The van der Waals surface area contributed by atoms with Crippen molar-refractivity contribution in [3.05, 3.63) is 90.0 Å². The van der Waals surface area contributed by atoms with E-state index in [9.17, 15) is 9.90 Å². The van der Waals surface area contributed by atoms with Crippen LogP contribution in [0, 0.1) is 0 Å². The standard InChI is InChI=1S/C35H46N2O8Si/c1-32(2,3)46-45-35(23-14-10-8-11-15-23,24-16-12-9-13-17-24)31-30(43-33(4,40-6)34(5,41-7)44-31)27(38)21-36-25-18-19-28-26(20-25)37-29(39)22-42-28/h8-20,27,30-31,36,38H,21-22,46H2,1-7H3,(H,37,39)/t27-,30-,31-,33+,34+/m1/s1. The first-order chi connectivity index (χ1) is 21.8. The van der Waals surface area contributed by atoms with E-state index in [1.807, 2.05) is 66.7 Å². The zero-order valence-corrected chi connectivity index (χ0v) is 29.1. The Hall–Kier alpha value is -3.29. The first-order valence-electron chi connectivity index (χ1n) is 15.5. The van der Waals surface area contributed by atoms with Gasteiger partial charge in [-0.1, -0.05) is 81.4 Å². The van der Waals surface area contributed by atoms with E-state index in [4.69, 9.17) is 28.1 Å². The quantitative estimate of drug-likeness (QED) is 0.257. The summed E-state index contributed by atoms with van der Waals surface area (Å²) in [5, 5.41) is 18.1. The van der Waals surface area contributed by atoms with Crippen molar-refractivity contribution in [1.82, 2.24) is 0 Å². The van der Waals surface area contributed by atoms with Gasteiger partial charge in [0.05, 0.1) is 5.69 Å². The molecule has 3 N–H and O–H groups in total. The summed E-state index contributed by atoms with van der Waals surface area (Å²) in [6.07, 6.45) is -2.97. The number of hydrogen-bond acceptors (Lipinski definition) is 9. The van der Waals surface area contributed by atoms with E-state index in [2.05, 4.69) is 31.4 Å². The summed E-state index contributed by atoms with van der Waals surface area (Å²) in [6.45, 7) is 10.1.